The van der Waals surface area contributed by atoms with Gasteiger partial charge in [0.05, 0.1) is 11.0 Å². The summed E-state index contributed by atoms with van der Waals surface area (Å²) in [6, 6.07) is 2.29. The second kappa shape index (κ2) is 4.58. The molecule has 0 radical (unpaired) electrons. The highest BCUT2D eigenvalue weighted by Crippen LogP contribution is 2.24. The zero-order valence-electron chi connectivity index (χ0n) is 8.16. The Morgan fingerprint density at radius 3 is 2.69 bits per heavy atom. The number of carboxylic acids is 1. The number of nitrogens with two attached hydrogens (primary N) is 1. The Bertz CT molecular complexity index is 432. The van der Waals surface area contributed by atoms with Crippen molar-refractivity contribution in [2.24, 2.45) is 5.73 Å². The quantitative estimate of drug-likeness (QED) is 0.499. The molecule has 1 atom stereocenters. The van der Waals surface area contributed by atoms with Gasteiger partial charge in [-0.1, -0.05) is 0 Å². The molecule has 1 aromatic carbocycles. The van der Waals surface area contributed by atoms with Crippen molar-refractivity contribution in [3.8, 4) is 5.75 Å². The number of benzene rings is 1. The van der Waals surface area contributed by atoms with Crippen LogP contribution in [0.5, 0.6) is 5.75 Å². The number of hydrogen-bond donors (Lipinski definition) is 3. The van der Waals surface area contributed by atoms with Crippen molar-refractivity contribution in [3.63, 3.8) is 0 Å². The fourth-order valence-electron chi connectivity index (χ4n) is 1.22. The van der Waals surface area contributed by atoms with E-state index in [1.807, 2.05) is 0 Å². The first-order valence-corrected chi connectivity index (χ1v) is 4.36. The van der Waals surface area contributed by atoms with E-state index in [1.165, 1.54) is 12.1 Å². The molecule has 0 aliphatic rings. The molecular weight excluding hydrogens is 216 g/mol. The summed E-state index contributed by atoms with van der Waals surface area (Å²) >= 11 is 0. The molecule has 7 nitrogen and oxygen atoms in total. The van der Waals surface area contributed by atoms with E-state index in [2.05, 4.69) is 0 Å². The molecule has 0 fully saturated rings. The molecule has 86 valence electrons. The maximum absolute atomic E-state index is 10.6. The summed E-state index contributed by atoms with van der Waals surface area (Å²) in [5.41, 5.74) is 5.11. The highest BCUT2D eigenvalue weighted by molar-refractivity contribution is 5.73. The number of phenols is 1. The van der Waals surface area contributed by atoms with Gasteiger partial charge in [-0.25, -0.2) is 0 Å². The first kappa shape index (κ1) is 11.9. The first-order valence-electron chi connectivity index (χ1n) is 4.36. The highest BCUT2D eigenvalue weighted by atomic mass is 16.6. The predicted molar refractivity (Wildman–Crippen MR) is 54.1 cm³/mol. The third-order valence-electron chi connectivity index (χ3n) is 2.02. The van der Waals surface area contributed by atoms with Crippen LogP contribution in [0.15, 0.2) is 18.2 Å². The number of nitrogens with zero attached hydrogens (tertiary/aromatic N) is 1. The smallest absolute Gasteiger partial charge is 0.320 e. The van der Waals surface area contributed by atoms with Crippen LogP contribution in [-0.4, -0.2) is 27.1 Å². The minimum atomic E-state index is -1.23. The van der Waals surface area contributed by atoms with E-state index in [0.29, 0.717) is 0 Å². The van der Waals surface area contributed by atoms with Crippen molar-refractivity contribution < 1.29 is 19.9 Å². The zero-order valence-corrected chi connectivity index (χ0v) is 8.16. The molecule has 16 heavy (non-hydrogen) atoms. The van der Waals surface area contributed by atoms with Gasteiger partial charge in [0.25, 0.3) is 5.69 Å². The summed E-state index contributed by atoms with van der Waals surface area (Å²) in [7, 11) is 0. The van der Waals surface area contributed by atoms with Crippen LogP contribution < -0.4 is 5.73 Å². The number of nitro benzene ring substituents is 1. The molecule has 1 rings (SSSR count). The van der Waals surface area contributed by atoms with Gasteiger partial charge in [-0.2, -0.15) is 0 Å². The number of carbonyl (C=O) groups is 1. The molecule has 0 amide bonds. The number of carboxylic acid groups (broad SMARTS) is 1. The van der Waals surface area contributed by atoms with Crippen molar-refractivity contribution in [3.05, 3.63) is 33.9 Å². The summed E-state index contributed by atoms with van der Waals surface area (Å²) in [4.78, 5) is 20.4. The molecule has 1 aromatic rings. The van der Waals surface area contributed by atoms with Gasteiger partial charge in [0.15, 0.2) is 0 Å². The predicted octanol–water partition coefficient (Wildman–Crippen LogP) is 0.255. The zero-order chi connectivity index (χ0) is 12.3. The first-order chi connectivity index (χ1) is 7.41. The largest absolute Gasteiger partial charge is 0.508 e. The number of hydrogen-bond acceptors (Lipinski definition) is 5. The Hall–Kier alpha value is -2.15. The average Bonchev–Trinajstić information content (AvgIpc) is 2.20. The minimum absolute atomic E-state index is 0.161. The normalized spacial score (nSPS) is 12.1. The second-order valence-corrected chi connectivity index (χ2v) is 3.22. The lowest BCUT2D eigenvalue weighted by atomic mass is 10.0. The Morgan fingerprint density at radius 2 is 2.19 bits per heavy atom. The van der Waals surface area contributed by atoms with Crippen molar-refractivity contribution in [1.29, 1.82) is 0 Å². The SMILES string of the molecule is N[C@@H](Cc1ccc(O)cc1[N+](=O)[O-])C(=O)O. The average molecular weight is 226 g/mol. The van der Waals surface area contributed by atoms with Crippen LogP contribution in [0.25, 0.3) is 0 Å². The lowest BCUT2D eigenvalue weighted by Crippen LogP contribution is -2.32. The summed E-state index contributed by atoms with van der Waals surface area (Å²) in [5.74, 6) is -1.48. The van der Waals surface area contributed by atoms with E-state index in [9.17, 15) is 14.9 Å². The molecule has 4 N–H and O–H groups in total. The van der Waals surface area contributed by atoms with Crippen molar-refractivity contribution >= 4 is 11.7 Å². The van der Waals surface area contributed by atoms with Crippen LogP contribution in [0.3, 0.4) is 0 Å². The molecule has 0 heterocycles. The Balaban J connectivity index is 3.04. The van der Waals surface area contributed by atoms with Gasteiger partial charge in [0.1, 0.15) is 11.8 Å². The maximum atomic E-state index is 10.6. The number of phenolic OH excluding ortho intramolecular Hbond substituents is 1. The van der Waals surface area contributed by atoms with E-state index < -0.39 is 16.9 Å². The number of aromatic hydroxyl groups is 1. The van der Waals surface area contributed by atoms with Gasteiger partial charge in [0.2, 0.25) is 0 Å². The van der Waals surface area contributed by atoms with Crippen molar-refractivity contribution in [2.75, 3.05) is 0 Å². The molecule has 0 aliphatic carbocycles. The molecule has 0 spiro atoms. The van der Waals surface area contributed by atoms with E-state index in [4.69, 9.17) is 15.9 Å². The molecular formula is C9H10N2O5. The van der Waals surface area contributed by atoms with Crippen LogP contribution in [-0.2, 0) is 11.2 Å². The summed E-state index contributed by atoms with van der Waals surface area (Å²) in [6.07, 6.45) is -0.161. The van der Waals surface area contributed by atoms with E-state index in [1.54, 1.807) is 0 Å². The van der Waals surface area contributed by atoms with Gasteiger partial charge in [-0.15, -0.1) is 0 Å². The standard InChI is InChI=1S/C9H10N2O5/c10-7(9(13)14)3-5-1-2-6(12)4-8(5)11(15)16/h1-2,4,7,12H,3,10H2,(H,13,14)/t7-/m0/s1. The lowest BCUT2D eigenvalue weighted by Gasteiger charge is -2.07. The molecule has 0 bridgehead atoms. The van der Waals surface area contributed by atoms with Crippen LogP contribution >= 0.6 is 0 Å². The third kappa shape index (κ3) is 2.67. The Kier molecular flexibility index (Phi) is 3.41. The van der Waals surface area contributed by atoms with Crippen molar-refractivity contribution in [1.82, 2.24) is 0 Å². The van der Waals surface area contributed by atoms with Gasteiger partial charge in [-0.3, -0.25) is 14.9 Å². The fourth-order valence-corrected chi connectivity index (χ4v) is 1.22. The second-order valence-electron chi connectivity index (χ2n) is 3.22. The fraction of sp³-hybridized carbons (Fsp3) is 0.222. The maximum Gasteiger partial charge on any atom is 0.320 e. The van der Waals surface area contributed by atoms with Crippen LogP contribution in [0.2, 0.25) is 0 Å². The van der Waals surface area contributed by atoms with Gasteiger partial charge in [0, 0.05) is 12.0 Å². The number of aliphatic carboxylic acids is 1. The van der Waals surface area contributed by atoms with Crippen LogP contribution in [0.4, 0.5) is 5.69 Å². The van der Waals surface area contributed by atoms with Crippen LogP contribution in [0, 0.1) is 10.1 Å². The lowest BCUT2D eigenvalue weighted by molar-refractivity contribution is -0.385. The molecule has 0 saturated heterocycles. The van der Waals surface area contributed by atoms with E-state index >= 15 is 0 Å². The summed E-state index contributed by atoms with van der Waals surface area (Å²) in [5, 5.41) is 28.3. The Morgan fingerprint density at radius 1 is 1.56 bits per heavy atom. The minimum Gasteiger partial charge on any atom is -0.508 e. The molecule has 0 aliphatic heterocycles. The molecule has 7 heteroatoms. The van der Waals surface area contributed by atoms with Gasteiger partial charge < -0.3 is 15.9 Å². The number of rotatable bonds is 4. The molecule has 0 aromatic heterocycles. The van der Waals surface area contributed by atoms with Crippen LogP contribution in [0.1, 0.15) is 5.56 Å². The van der Waals surface area contributed by atoms with Gasteiger partial charge in [-0.05, 0) is 12.1 Å². The topological polar surface area (TPSA) is 127 Å². The van der Waals surface area contributed by atoms with Crippen molar-refractivity contribution in [2.45, 2.75) is 12.5 Å². The Labute approximate surface area is 90.3 Å². The third-order valence-corrected chi connectivity index (χ3v) is 2.02. The highest BCUT2D eigenvalue weighted by Gasteiger charge is 2.20. The molecule has 0 unspecified atom stereocenters. The van der Waals surface area contributed by atoms with E-state index in [0.717, 1.165) is 6.07 Å². The summed E-state index contributed by atoms with van der Waals surface area (Å²) < 4.78 is 0. The van der Waals surface area contributed by atoms with E-state index in [-0.39, 0.29) is 23.4 Å². The monoisotopic (exact) mass is 226 g/mol. The summed E-state index contributed by atoms with van der Waals surface area (Å²) in [6.45, 7) is 0. The molecule has 0 saturated carbocycles. The van der Waals surface area contributed by atoms with Gasteiger partial charge >= 0.3 is 5.97 Å². The number of nitro groups is 1.